The third kappa shape index (κ3) is 1.54. The summed E-state index contributed by atoms with van der Waals surface area (Å²) >= 11 is 0. The van der Waals surface area contributed by atoms with Crippen molar-refractivity contribution in [2.45, 2.75) is 0 Å². The summed E-state index contributed by atoms with van der Waals surface area (Å²) < 4.78 is 0. The van der Waals surface area contributed by atoms with Crippen LogP contribution >= 0.6 is 0 Å². The van der Waals surface area contributed by atoms with Gasteiger partial charge in [0.15, 0.2) is 5.52 Å². The lowest BCUT2D eigenvalue weighted by molar-refractivity contribution is -0.383. The van der Waals surface area contributed by atoms with Crippen molar-refractivity contribution in [1.29, 1.82) is 0 Å². The summed E-state index contributed by atoms with van der Waals surface area (Å²) in [5.41, 5.74) is 0.370. The Balaban J connectivity index is 2.81. The molecular formula is C10H10N4O2. The SMILES string of the molecule is CN(C)c1ncnc2c([N+](=O)[O-])cccc12. The van der Waals surface area contributed by atoms with Gasteiger partial charge in [0, 0.05) is 25.5 Å². The monoisotopic (exact) mass is 218 g/mol. The lowest BCUT2D eigenvalue weighted by Gasteiger charge is -2.12. The number of hydrogen-bond donors (Lipinski definition) is 0. The summed E-state index contributed by atoms with van der Waals surface area (Å²) in [6.07, 6.45) is 1.34. The summed E-state index contributed by atoms with van der Waals surface area (Å²) in [5, 5.41) is 11.5. The lowest BCUT2D eigenvalue weighted by atomic mass is 10.2. The summed E-state index contributed by atoms with van der Waals surface area (Å²) in [6.45, 7) is 0. The number of fused-ring (bicyclic) bond motifs is 1. The molecule has 0 saturated carbocycles. The number of nitro benzene ring substituents is 1. The molecule has 2 aromatic rings. The zero-order valence-electron chi connectivity index (χ0n) is 8.91. The molecular weight excluding hydrogens is 208 g/mol. The number of nitrogens with zero attached hydrogens (tertiary/aromatic N) is 4. The number of aromatic nitrogens is 2. The molecule has 1 aromatic carbocycles. The first kappa shape index (κ1) is 10.3. The highest BCUT2D eigenvalue weighted by atomic mass is 16.6. The Morgan fingerprint density at radius 2 is 2.06 bits per heavy atom. The van der Waals surface area contributed by atoms with E-state index >= 15 is 0 Å². The van der Waals surface area contributed by atoms with E-state index in [-0.39, 0.29) is 5.69 Å². The topological polar surface area (TPSA) is 72.2 Å². The van der Waals surface area contributed by atoms with E-state index < -0.39 is 4.92 Å². The molecule has 0 atom stereocenters. The van der Waals surface area contributed by atoms with E-state index in [4.69, 9.17) is 0 Å². The highest BCUT2D eigenvalue weighted by molar-refractivity contribution is 5.94. The molecule has 82 valence electrons. The van der Waals surface area contributed by atoms with Gasteiger partial charge in [-0.3, -0.25) is 10.1 Å². The van der Waals surface area contributed by atoms with Crippen LogP contribution in [0.2, 0.25) is 0 Å². The molecule has 6 nitrogen and oxygen atoms in total. The minimum absolute atomic E-state index is 0.00278. The molecule has 6 heteroatoms. The minimum atomic E-state index is -0.436. The van der Waals surface area contributed by atoms with Gasteiger partial charge in [0.25, 0.3) is 5.69 Å². The fourth-order valence-electron chi connectivity index (χ4n) is 1.56. The molecule has 0 saturated heterocycles. The van der Waals surface area contributed by atoms with Gasteiger partial charge in [-0.15, -0.1) is 0 Å². The van der Waals surface area contributed by atoms with Crippen LogP contribution in [-0.4, -0.2) is 29.0 Å². The van der Waals surface area contributed by atoms with Crippen molar-refractivity contribution in [1.82, 2.24) is 9.97 Å². The first-order chi connectivity index (χ1) is 7.61. The maximum atomic E-state index is 10.8. The number of anilines is 1. The minimum Gasteiger partial charge on any atom is -0.362 e. The number of rotatable bonds is 2. The number of hydrogen-bond acceptors (Lipinski definition) is 5. The largest absolute Gasteiger partial charge is 0.362 e. The fraction of sp³-hybridized carbons (Fsp3) is 0.200. The van der Waals surface area contributed by atoms with Gasteiger partial charge < -0.3 is 4.90 Å². The van der Waals surface area contributed by atoms with Crippen molar-refractivity contribution in [3.8, 4) is 0 Å². The highest BCUT2D eigenvalue weighted by Crippen LogP contribution is 2.27. The van der Waals surface area contributed by atoms with E-state index in [0.29, 0.717) is 16.7 Å². The molecule has 0 spiro atoms. The summed E-state index contributed by atoms with van der Waals surface area (Å²) in [6, 6.07) is 4.85. The summed E-state index contributed by atoms with van der Waals surface area (Å²) in [4.78, 5) is 20.3. The number of para-hydroxylation sites is 1. The third-order valence-electron chi connectivity index (χ3n) is 2.24. The van der Waals surface area contributed by atoms with Crippen molar-refractivity contribution in [3.05, 3.63) is 34.6 Å². The second kappa shape index (κ2) is 3.73. The van der Waals surface area contributed by atoms with Crippen molar-refractivity contribution < 1.29 is 4.92 Å². The molecule has 1 aromatic heterocycles. The first-order valence-electron chi connectivity index (χ1n) is 4.66. The van der Waals surface area contributed by atoms with Crippen LogP contribution in [0.25, 0.3) is 10.9 Å². The normalized spacial score (nSPS) is 10.4. The Bertz CT molecular complexity index is 554. The molecule has 0 aliphatic heterocycles. The van der Waals surface area contributed by atoms with Crippen molar-refractivity contribution in [2.24, 2.45) is 0 Å². The molecule has 0 amide bonds. The predicted molar refractivity (Wildman–Crippen MR) is 60.5 cm³/mol. The maximum Gasteiger partial charge on any atom is 0.295 e. The standard InChI is InChI=1S/C10H10N4O2/c1-13(2)10-7-4-3-5-8(14(15)16)9(7)11-6-12-10/h3-6H,1-2H3. The van der Waals surface area contributed by atoms with Crippen LogP contribution in [0.5, 0.6) is 0 Å². The number of benzene rings is 1. The van der Waals surface area contributed by atoms with Crippen molar-refractivity contribution in [2.75, 3.05) is 19.0 Å². The molecule has 0 aliphatic carbocycles. The fourth-order valence-corrected chi connectivity index (χ4v) is 1.56. The van der Waals surface area contributed by atoms with E-state index in [1.807, 2.05) is 14.1 Å². The van der Waals surface area contributed by atoms with Gasteiger partial charge in [0.05, 0.1) is 4.92 Å². The Labute approximate surface area is 91.7 Å². The van der Waals surface area contributed by atoms with Crippen LogP contribution < -0.4 is 4.90 Å². The van der Waals surface area contributed by atoms with E-state index in [9.17, 15) is 10.1 Å². The van der Waals surface area contributed by atoms with Gasteiger partial charge in [-0.1, -0.05) is 6.07 Å². The first-order valence-corrected chi connectivity index (χ1v) is 4.66. The van der Waals surface area contributed by atoms with Crippen molar-refractivity contribution >= 4 is 22.4 Å². The van der Waals surface area contributed by atoms with Crippen LogP contribution in [0.15, 0.2) is 24.5 Å². The molecule has 0 aliphatic rings. The van der Waals surface area contributed by atoms with Gasteiger partial charge in [0.1, 0.15) is 12.1 Å². The smallest absolute Gasteiger partial charge is 0.295 e. The summed E-state index contributed by atoms with van der Waals surface area (Å²) in [7, 11) is 3.67. The molecule has 16 heavy (non-hydrogen) atoms. The van der Waals surface area contributed by atoms with Crippen LogP contribution in [0, 0.1) is 10.1 Å². The number of nitro groups is 1. The molecule has 0 radical (unpaired) electrons. The molecule has 0 fully saturated rings. The molecule has 2 rings (SSSR count). The van der Waals surface area contributed by atoms with Crippen LogP contribution in [0.1, 0.15) is 0 Å². The van der Waals surface area contributed by atoms with Crippen LogP contribution in [0.4, 0.5) is 11.5 Å². The zero-order chi connectivity index (χ0) is 11.7. The quantitative estimate of drug-likeness (QED) is 0.565. The molecule has 0 N–H and O–H groups in total. The molecule has 0 bridgehead atoms. The third-order valence-corrected chi connectivity index (χ3v) is 2.24. The zero-order valence-corrected chi connectivity index (χ0v) is 8.91. The molecule has 0 unspecified atom stereocenters. The Hall–Kier alpha value is -2.24. The van der Waals surface area contributed by atoms with E-state index in [1.54, 1.807) is 17.0 Å². The summed E-state index contributed by atoms with van der Waals surface area (Å²) in [5.74, 6) is 0.675. The second-order valence-electron chi connectivity index (χ2n) is 3.52. The van der Waals surface area contributed by atoms with Gasteiger partial charge in [-0.05, 0) is 6.07 Å². The highest BCUT2D eigenvalue weighted by Gasteiger charge is 2.15. The van der Waals surface area contributed by atoms with E-state index in [1.165, 1.54) is 12.4 Å². The number of non-ortho nitro benzene ring substituents is 1. The maximum absolute atomic E-state index is 10.8. The van der Waals surface area contributed by atoms with Gasteiger partial charge in [0.2, 0.25) is 0 Å². The average molecular weight is 218 g/mol. The van der Waals surface area contributed by atoms with Gasteiger partial charge in [-0.25, -0.2) is 9.97 Å². The lowest BCUT2D eigenvalue weighted by Crippen LogP contribution is -2.11. The Morgan fingerprint density at radius 3 is 2.69 bits per heavy atom. The Kier molecular flexibility index (Phi) is 2.40. The van der Waals surface area contributed by atoms with Gasteiger partial charge >= 0.3 is 0 Å². The van der Waals surface area contributed by atoms with E-state index in [0.717, 1.165) is 0 Å². The van der Waals surface area contributed by atoms with Gasteiger partial charge in [-0.2, -0.15) is 0 Å². The van der Waals surface area contributed by atoms with Crippen LogP contribution in [0.3, 0.4) is 0 Å². The Morgan fingerprint density at radius 1 is 1.31 bits per heavy atom. The average Bonchev–Trinajstić information content (AvgIpc) is 2.27. The van der Waals surface area contributed by atoms with Crippen molar-refractivity contribution in [3.63, 3.8) is 0 Å². The van der Waals surface area contributed by atoms with Crippen LogP contribution in [-0.2, 0) is 0 Å². The predicted octanol–water partition coefficient (Wildman–Crippen LogP) is 1.60. The second-order valence-corrected chi connectivity index (χ2v) is 3.52. The van der Waals surface area contributed by atoms with E-state index in [2.05, 4.69) is 9.97 Å². The molecule has 1 heterocycles.